The smallest absolute Gasteiger partial charge is 0.303 e. The zero-order valence-corrected chi connectivity index (χ0v) is 13.1. The lowest BCUT2D eigenvalue weighted by Gasteiger charge is -2.09. The Labute approximate surface area is 130 Å². The summed E-state index contributed by atoms with van der Waals surface area (Å²) in [5, 5.41) is 27.1. The van der Waals surface area contributed by atoms with Gasteiger partial charge < -0.3 is 15.3 Å². The lowest BCUT2D eigenvalue weighted by Crippen LogP contribution is -2.07. The topological polar surface area (TPSA) is 112 Å². The highest BCUT2D eigenvalue weighted by atomic mass is 35.5. The molecule has 8 heteroatoms. The molecular weight excluding hydrogens is 319 g/mol. The average molecular weight is 337 g/mol. The quantitative estimate of drug-likeness (QED) is 0.557. The van der Waals surface area contributed by atoms with E-state index in [0.717, 1.165) is 24.6 Å². The Morgan fingerprint density at radius 2 is 1.33 bits per heavy atom. The molecule has 1 aliphatic rings. The van der Waals surface area contributed by atoms with Gasteiger partial charge in [-0.05, 0) is 30.1 Å². The Morgan fingerprint density at radius 3 is 1.86 bits per heavy atom. The molecule has 0 atom stereocenters. The van der Waals surface area contributed by atoms with Gasteiger partial charge in [0.15, 0.2) is 0 Å². The molecule has 0 aromatic rings. The zero-order valence-electron chi connectivity index (χ0n) is 11.4. The van der Waals surface area contributed by atoms with E-state index >= 15 is 0 Å². The fourth-order valence-corrected chi connectivity index (χ4v) is 3.54. The second-order valence-corrected chi connectivity index (χ2v) is 5.70. The van der Waals surface area contributed by atoms with E-state index in [1.165, 1.54) is 0 Å². The molecule has 0 bridgehead atoms. The predicted molar refractivity (Wildman–Crippen MR) is 81.7 cm³/mol. The monoisotopic (exact) mass is 336 g/mol. The minimum atomic E-state index is -0.906. The molecule has 1 aliphatic heterocycles. The summed E-state index contributed by atoms with van der Waals surface area (Å²) < 4.78 is 0. The van der Waals surface area contributed by atoms with Crippen LogP contribution in [0.4, 0.5) is 0 Å². The largest absolute Gasteiger partial charge is 0.481 e. The molecule has 0 unspecified atom stereocenters. The van der Waals surface area contributed by atoms with Crippen LogP contribution < -0.4 is 0 Å². The summed E-state index contributed by atoms with van der Waals surface area (Å²) >= 11 is 0. The second kappa shape index (κ2) is 9.53. The Bertz CT molecular complexity index is 483. The molecule has 0 saturated heterocycles. The number of carbonyl (C=O) groups is 3. The molecule has 3 N–H and O–H groups in total. The molecule has 0 saturated carbocycles. The molecule has 0 aliphatic carbocycles. The summed E-state index contributed by atoms with van der Waals surface area (Å²) in [6.07, 6.45) is 1.89. The molecule has 0 radical (unpaired) electrons. The number of allylic oxidation sites excluding steroid dienone is 2. The lowest BCUT2D eigenvalue weighted by molar-refractivity contribution is -0.138. The number of carboxylic acid groups (broad SMARTS) is 3. The maximum absolute atomic E-state index is 10.7. The van der Waals surface area contributed by atoms with Crippen molar-refractivity contribution in [1.82, 2.24) is 0 Å². The van der Waals surface area contributed by atoms with E-state index in [1.807, 2.05) is 0 Å². The minimum absolute atomic E-state index is 0. The van der Waals surface area contributed by atoms with Gasteiger partial charge in [0.25, 0.3) is 0 Å². The van der Waals surface area contributed by atoms with Crippen molar-refractivity contribution in [3.05, 3.63) is 11.1 Å². The highest BCUT2D eigenvalue weighted by molar-refractivity contribution is 7.42. The van der Waals surface area contributed by atoms with E-state index < -0.39 is 17.9 Å². The number of hydrogen-bond acceptors (Lipinski definition) is 3. The van der Waals surface area contributed by atoms with Gasteiger partial charge in [0.1, 0.15) is 0 Å². The van der Waals surface area contributed by atoms with Gasteiger partial charge in [0.2, 0.25) is 0 Å². The van der Waals surface area contributed by atoms with Crippen molar-refractivity contribution in [2.24, 2.45) is 0 Å². The third-order valence-electron chi connectivity index (χ3n) is 3.04. The van der Waals surface area contributed by atoms with Gasteiger partial charge in [-0.3, -0.25) is 14.4 Å². The second-order valence-electron chi connectivity index (χ2n) is 4.53. The van der Waals surface area contributed by atoms with E-state index in [1.54, 1.807) is 0 Å². The molecule has 118 valence electrons. The van der Waals surface area contributed by atoms with Crippen molar-refractivity contribution in [2.75, 3.05) is 6.16 Å². The molecule has 0 aromatic carbocycles. The van der Waals surface area contributed by atoms with Crippen LogP contribution in [0.3, 0.4) is 0 Å². The van der Waals surface area contributed by atoms with Crippen molar-refractivity contribution < 1.29 is 29.7 Å². The van der Waals surface area contributed by atoms with Gasteiger partial charge in [0.05, 0.1) is 0 Å². The third kappa shape index (κ3) is 7.25. The predicted octanol–water partition coefficient (Wildman–Crippen LogP) is 2.43. The third-order valence-corrected chi connectivity index (χ3v) is 4.46. The van der Waals surface area contributed by atoms with Crippen molar-refractivity contribution in [1.29, 1.82) is 0 Å². The summed E-state index contributed by atoms with van der Waals surface area (Å²) in [6.45, 7) is 0. The normalized spacial score (nSPS) is 14.4. The molecule has 0 aromatic heterocycles. The standard InChI is InChI=1S/C13H17O6P.ClH/c14-11(15)4-1-8-7-20-10(3-6-13(18)19)9(8)2-5-12(16)17;/h1-7H2,(H,14,15)(H,16,17)(H,18,19);1H. The molecule has 0 spiro atoms. The summed E-state index contributed by atoms with van der Waals surface area (Å²) in [6, 6.07) is 0. The van der Waals surface area contributed by atoms with Gasteiger partial charge in [-0.25, -0.2) is 0 Å². The maximum atomic E-state index is 10.7. The van der Waals surface area contributed by atoms with E-state index in [-0.39, 0.29) is 31.7 Å². The first-order chi connectivity index (χ1) is 9.40. The molecule has 0 amide bonds. The van der Waals surface area contributed by atoms with Crippen LogP contribution in [-0.2, 0) is 14.4 Å². The van der Waals surface area contributed by atoms with Crippen LogP contribution in [0.15, 0.2) is 11.1 Å². The number of aliphatic carboxylic acids is 3. The number of rotatable bonds is 9. The van der Waals surface area contributed by atoms with E-state index in [9.17, 15) is 14.4 Å². The van der Waals surface area contributed by atoms with Crippen LogP contribution in [0, 0.1) is 0 Å². The van der Waals surface area contributed by atoms with E-state index in [0.29, 0.717) is 25.4 Å². The van der Waals surface area contributed by atoms with Gasteiger partial charge in [-0.2, -0.15) is 0 Å². The van der Waals surface area contributed by atoms with Crippen LogP contribution >= 0.6 is 20.6 Å². The molecule has 21 heavy (non-hydrogen) atoms. The van der Waals surface area contributed by atoms with Crippen molar-refractivity contribution in [2.45, 2.75) is 38.5 Å². The van der Waals surface area contributed by atoms with Crippen molar-refractivity contribution in [3.8, 4) is 0 Å². The lowest BCUT2D eigenvalue weighted by atomic mass is 9.96. The number of hydrogen-bond donors (Lipinski definition) is 3. The van der Waals surface area contributed by atoms with Gasteiger partial charge in [0, 0.05) is 25.4 Å². The Hall–Kier alpha value is -1.39. The molecule has 1 rings (SSSR count). The van der Waals surface area contributed by atoms with Crippen LogP contribution in [-0.4, -0.2) is 44.7 Å². The first-order valence-corrected chi connectivity index (χ1v) is 7.38. The summed E-state index contributed by atoms with van der Waals surface area (Å²) in [5.74, 6) is -2.67. The number of halogens is 1. The zero-order chi connectivity index (χ0) is 15.1. The Balaban J connectivity index is 0.00000400. The van der Waals surface area contributed by atoms with Crippen molar-refractivity contribution >= 4 is 43.8 Å². The van der Waals surface area contributed by atoms with Crippen LogP contribution in [0.2, 0.25) is 0 Å². The van der Waals surface area contributed by atoms with Gasteiger partial charge in [-0.15, -0.1) is 12.4 Å². The first kappa shape index (κ1) is 19.6. The van der Waals surface area contributed by atoms with E-state index in [4.69, 9.17) is 15.3 Å². The molecule has 0 fully saturated rings. The Kier molecular flexibility index (Phi) is 8.90. The summed E-state index contributed by atoms with van der Waals surface area (Å²) in [5.41, 5.74) is 1.85. The van der Waals surface area contributed by atoms with E-state index in [2.05, 4.69) is 0 Å². The first-order valence-electron chi connectivity index (χ1n) is 6.30. The fourth-order valence-electron chi connectivity index (χ4n) is 2.08. The fraction of sp³-hybridized carbons (Fsp3) is 0.538. The Morgan fingerprint density at radius 1 is 0.857 bits per heavy atom. The average Bonchev–Trinajstić information content (AvgIpc) is 2.73. The van der Waals surface area contributed by atoms with Crippen LogP contribution in [0.25, 0.3) is 0 Å². The minimum Gasteiger partial charge on any atom is -0.481 e. The van der Waals surface area contributed by atoms with Crippen molar-refractivity contribution in [3.63, 3.8) is 0 Å². The van der Waals surface area contributed by atoms with Gasteiger partial charge >= 0.3 is 17.9 Å². The van der Waals surface area contributed by atoms with Crippen LogP contribution in [0.1, 0.15) is 38.5 Å². The van der Waals surface area contributed by atoms with Crippen LogP contribution in [0.5, 0.6) is 0 Å². The van der Waals surface area contributed by atoms with Gasteiger partial charge in [-0.1, -0.05) is 13.8 Å². The molecular formula is C13H18ClO6P. The maximum Gasteiger partial charge on any atom is 0.303 e. The highest BCUT2D eigenvalue weighted by Gasteiger charge is 2.20. The SMILES string of the molecule is Cl.O=C(O)CCC1=PCC(CCC(=O)O)=C1CCC(=O)O. The molecule has 1 heterocycles. The summed E-state index contributed by atoms with van der Waals surface area (Å²) in [4.78, 5) is 31.9. The summed E-state index contributed by atoms with van der Waals surface area (Å²) in [7, 11) is 0.979. The molecule has 6 nitrogen and oxygen atoms in total. The highest BCUT2D eigenvalue weighted by Crippen LogP contribution is 2.32. The number of carboxylic acids is 3.